The zero-order valence-corrected chi connectivity index (χ0v) is 19.9. The van der Waals surface area contributed by atoms with E-state index in [1.54, 1.807) is 0 Å². The summed E-state index contributed by atoms with van der Waals surface area (Å²) in [5, 5.41) is 14.9. The second kappa shape index (κ2) is 11.2. The minimum absolute atomic E-state index is 0. The molecule has 0 saturated carbocycles. The van der Waals surface area contributed by atoms with Gasteiger partial charge < -0.3 is 9.84 Å². The highest BCUT2D eigenvalue weighted by Gasteiger charge is 2.46. The van der Waals surface area contributed by atoms with E-state index < -0.39 is 13.4 Å². The molecule has 4 aromatic rings. The topological polar surface area (TPSA) is 29.5 Å². The largest absolute Gasteiger partial charge is 0.491 e. The average molecular weight is 494 g/mol. The molecule has 4 rings (SSSR count). The second-order valence-electron chi connectivity index (χ2n) is 7.28. The second-order valence-corrected chi connectivity index (χ2v) is 10.8. The van der Waals surface area contributed by atoms with E-state index in [4.69, 9.17) is 4.74 Å². The average Bonchev–Trinajstić information content (AvgIpc) is 2.83. The number of ether oxygens (including phenoxy) is 1. The molecule has 0 heterocycles. The first-order valence-corrected chi connectivity index (χ1v) is 12.2. The van der Waals surface area contributed by atoms with Crippen LogP contribution in [0.4, 0.5) is 0 Å². The van der Waals surface area contributed by atoms with Crippen molar-refractivity contribution in [2.45, 2.75) is 6.10 Å². The third-order valence-corrected chi connectivity index (χ3v) is 9.77. The standard InChI is InChI=1S/C27H26O2P.BrH/c28-23(21-29-24-13-5-1-6-14-24)22-30(25-15-7-2-8-16-25,26-17-9-3-10-18-26)27-19-11-4-12-20-27;/h1-20,23,28H,21-22H2;1H/q+1;. The van der Waals surface area contributed by atoms with Crippen LogP contribution in [-0.2, 0) is 0 Å². The molecule has 1 N–H and O–H groups in total. The van der Waals surface area contributed by atoms with Crippen molar-refractivity contribution in [3.63, 3.8) is 0 Å². The van der Waals surface area contributed by atoms with Gasteiger partial charge in [-0.3, -0.25) is 0 Å². The molecule has 0 aliphatic heterocycles. The van der Waals surface area contributed by atoms with E-state index in [2.05, 4.69) is 72.8 Å². The molecule has 0 fully saturated rings. The predicted molar refractivity (Wildman–Crippen MR) is 138 cm³/mol. The van der Waals surface area contributed by atoms with Gasteiger partial charge in [0, 0.05) is 0 Å². The molecule has 2 nitrogen and oxygen atoms in total. The van der Waals surface area contributed by atoms with Crippen molar-refractivity contribution in [2.24, 2.45) is 0 Å². The highest BCUT2D eigenvalue weighted by atomic mass is 79.9. The van der Waals surface area contributed by atoms with Gasteiger partial charge in [-0.25, -0.2) is 0 Å². The van der Waals surface area contributed by atoms with E-state index in [-0.39, 0.29) is 23.6 Å². The van der Waals surface area contributed by atoms with Gasteiger partial charge in [-0.1, -0.05) is 72.8 Å². The van der Waals surface area contributed by atoms with Crippen molar-refractivity contribution < 1.29 is 9.84 Å². The van der Waals surface area contributed by atoms with Crippen molar-refractivity contribution in [3.05, 3.63) is 121 Å². The number of rotatable bonds is 8. The molecule has 0 spiro atoms. The summed E-state index contributed by atoms with van der Waals surface area (Å²) in [6, 6.07) is 41.5. The maximum Gasteiger partial charge on any atom is 0.123 e. The van der Waals surface area contributed by atoms with Crippen LogP contribution in [0.15, 0.2) is 121 Å². The lowest BCUT2D eigenvalue weighted by molar-refractivity contribution is 0.125. The number of benzene rings is 4. The van der Waals surface area contributed by atoms with Gasteiger partial charge in [-0.2, -0.15) is 0 Å². The molecule has 0 aliphatic rings. The van der Waals surface area contributed by atoms with E-state index in [0.717, 1.165) is 5.75 Å². The Labute approximate surface area is 195 Å². The third kappa shape index (κ3) is 5.43. The molecule has 1 unspecified atom stereocenters. The molecular weight excluding hydrogens is 467 g/mol. The number of para-hydroxylation sites is 1. The van der Waals surface area contributed by atoms with E-state index in [0.29, 0.717) is 6.16 Å². The zero-order valence-electron chi connectivity index (χ0n) is 17.2. The van der Waals surface area contributed by atoms with Crippen LogP contribution in [0.5, 0.6) is 5.75 Å². The minimum Gasteiger partial charge on any atom is -0.491 e. The monoisotopic (exact) mass is 493 g/mol. The van der Waals surface area contributed by atoms with Crippen LogP contribution in [0.3, 0.4) is 0 Å². The first-order valence-electron chi connectivity index (χ1n) is 10.2. The first kappa shape index (κ1) is 23.2. The molecule has 0 aromatic heterocycles. The summed E-state index contributed by atoms with van der Waals surface area (Å²) in [4.78, 5) is 0. The molecule has 0 saturated heterocycles. The minimum atomic E-state index is -2.06. The van der Waals surface area contributed by atoms with E-state index in [1.807, 2.05) is 48.5 Å². The maximum absolute atomic E-state index is 11.1. The van der Waals surface area contributed by atoms with Crippen LogP contribution >= 0.6 is 24.2 Å². The summed E-state index contributed by atoms with van der Waals surface area (Å²) < 4.78 is 5.89. The number of halogens is 1. The van der Waals surface area contributed by atoms with Gasteiger partial charge in [0.15, 0.2) is 0 Å². The van der Waals surface area contributed by atoms with Crippen molar-refractivity contribution in [3.8, 4) is 5.75 Å². The quantitative estimate of drug-likeness (QED) is 0.350. The van der Waals surface area contributed by atoms with Crippen molar-refractivity contribution in [1.29, 1.82) is 0 Å². The van der Waals surface area contributed by atoms with Crippen LogP contribution in [0.1, 0.15) is 0 Å². The number of hydrogen-bond donors (Lipinski definition) is 1. The summed E-state index contributed by atoms with van der Waals surface area (Å²) in [6.45, 7) is 0.262. The molecule has 4 aromatic carbocycles. The molecule has 0 aliphatic carbocycles. The van der Waals surface area contributed by atoms with Crippen LogP contribution in [-0.4, -0.2) is 24.0 Å². The highest BCUT2D eigenvalue weighted by molar-refractivity contribution is 8.93. The summed E-state index contributed by atoms with van der Waals surface area (Å²) in [6.07, 6.45) is 0.0249. The van der Waals surface area contributed by atoms with Gasteiger partial charge in [0.1, 0.15) is 47.8 Å². The molecule has 4 heteroatoms. The van der Waals surface area contributed by atoms with Crippen LogP contribution in [0.2, 0.25) is 0 Å². The Morgan fingerprint density at radius 3 is 1.32 bits per heavy atom. The summed E-state index contributed by atoms with van der Waals surface area (Å²) in [5.41, 5.74) is 0. The van der Waals surface area contributed by atoms with Gasteiger partial charge >= 0.3 is 0 Å². The number of aliphatic hydroxyl groups excluding tert-OH is 1. The Morgan fingerprint density at radius 1 is 0.581 bits per heavy atom. The van der Waals surface area contributed by atoms with Gasteiger partial charge in [0.05, 0.1) is 0 Å². The molecule has 158 valence electrons. The predicted octanol–water partition coefficient (Wildman–Crippen LogP) is 5.00. The number of aliphatic hydroxyl groups is 1. The summed E-state index contributed by atoms with van der Waals surface area (Å²) in [7, 11) is -2.06. The SMILES string of the molecule is Br.OC(COc1ccccc1)C[P+](c1ccccc1)(c1ccccc1)c1ccccc1. The van der Waals surface area contributed by atoms with Gasteiger partial charge in [0.2, 0.25) is 0 Å². The Hall–Kier alpha value is -2.45. The molecular formula is C27H27BrO2P+. The van der Waals surface area contributed by atoms with Gasteiger partial charge in [-0.05, 0) is 48.5 Å². The fraction of sp³-hybridized carbons (Fsp3) is 0.111. The van der Waals surface area contributed by atoms with Crippen molar-refractivity contribution in [1.82, 2.24) is 0 Å². The maximum atomic E-state index is 11.1. The van der Waals surface area contributed by atoms with Crippen LogP contribution < -0.4 is 20.7 Å². The Balaban J connectivity index is 0.00000272. The van der Waals surface area contributed by atoms with Crippen molar-refractivity contribution in [2.75, 3.05) is 12.8 Å². The smallest absolute Gasteiger partial charge is 0.123 e. The Kier molecular flexibility index (Phi) is 8.43. The highest BCUT2D eigenvalue weighted by Crippen LogP contribution is 2.55. The lowest BCUT2D eigenvalue weighted by Gasteiger charge is -2.29. The molecule has 0 amide bonds. The van der Waals surface area contributed by atoms with Crippen LogP contribution in [0.25, 0.3) is 0 Å². The van der Waals surface area contributed by atoms with Gasteiger partial charge in [0.25, 0.3) is 0 Å². The van der Waals surface area contributed by atoms with Crippen molar-refractivity contribution >= 4 is 40.2 Å². The first-order chi connectivity index (χ1) is 14.8. The van der Waals surface area contributed by atoms with E-state index in [9.17, 15) is 5.11 Å². The zero-order chi connectivity index (χ0) is 20.7. The van der Waals surface area contributed by atoms with Crippen LogP contribution in [0, 0.1) is 0 Å². The third-order valence-electron chi connectivity index (χ3n) is 5.26. The van der Waals surface area contributed by atoms with Gasteiger partial charge in [-0.15, -0.1) is 17.0 Å². The summed E-state index contributed by atoms with van der Waals surface area (Å²) >= 11 is 0. The Morgan fingerprint density at radius 2 is 0.935 bits per heavy atom. The fourth-order valence-corrected chi connectivity index (χ4v) is 8.20. The number of hydrogen-bond acceptors (Lipinski definition) is 2. The Bertz CT molecular complexity index is 931. The lowest BCUT2D eigenvalue weighted by Crippen LogP contribution is -2.38. The van der Waals surface area contributed by atoms with E-state index in [1.165, 1.54) is 15.9 Å². The molecule has 31 heavy (non-hydrogen) atoms. The molecule has 1 atom stereocenters. The molecule has 0 bridgehead atoms. The van der Waals surface area contributed by atoms with E-state index >= 15 is 0 Å². The summed E-state index contributed by atoms with van der Waals surface area (Å²) in [5.74, 6) is 0.777. The lowest BCUT2D eigenvalue weighted by atomic mass is 10.3. The normalized spacial score (nSPS) is 11.9. The molecule has 0 radical (unpaired) electrons. The fourth-order valence-electron chi connectivity index (χ4n) is 3.89.